The third-order valence-corrected chi connectivity index (χ3v) is 8.35. The molecule has 3 rings (SSSR count). The zero-order valence-electron chi connectivity index (χ0n) is 26.9. The van der Waals surface area contributed by atoms with Gasteiger partial charge in [-0.15, -0.1) is 0 Å². The Hall–Kier alpha value is -2.86. The molecule has 0 spiro atoms. The van der Waals surface area contributed by atoms with Crippen LogP contribution in [-0.4, -0.2) is 23.8 Å². The minimum atomic E-state index is -0.692. The van der Waals surface area contributed by atoms with Crippen LogP contribution in [0.15, 0.2) is 41.5 Å². The fraction of sp³-hybridized carbons (Fsp3) is 0.583. The second-order valence-electron chi connectivity index (χ2n) is 12.0. The Morgan fingerprint density at radius 1 is 0.930 bits per heavy atom. The molecule has 1 unspecified atom stereocenters. The molecule has 0 radical (unpaired) electrons. The number of carbonyl (C=O) groups excluding carboxylic acids is 2. The lowest BCUT2D eigenvalue weighted by atomic mass is 10.0. The summed E-state index contributed by atoms with van der Waals surface area (Å²) in [7, 11) is 0. The maximum atomic E-state index is 13.1. The molecule has 6 nitrogen and oxygen atoms in total. The third-order valence-electron chi connectivity index (χ3n) is 8.06. The molecular formula is C36H52ClN3O3. The van der Waals surface area contributed by atoms with Gasteiger partial charge in [-0.1, -0.05) is 121 Å². The molecule has 1 heterocycles. The summed E-state index contributed by atoms with van der Waals surface area (Å²) in [6.07, 6.45) is 18.3. The van der Waals surface area contributed by atoms with Crippen LogP contribution in [0.5, 0.6) is 5.75 Å². The van der Waals surface area contributed by atoms with E-state index in [-0.39, 0.29) is 18.2 Å². The molecule has 0 saturated heterocycles. The Kier molecular flexibility index (Phi) is 15.1. The highest BCUT2D eigenvalue weighted by Gasteiger charge is 2.30. The number of hydrazone groups is 1. The number of rotatable bonds is 19. The molecule has 1 atom stereocenters. The van der Waals surface area contributed by atoms with Crippen LogP contribution in [0.2, 0.25) is 5.02 Å². The van der Waals surface area contributed by atoms with Crippen LogP contribution in [0.4, 0.5) is 5.69 Å². The van der Waals surface area contributed by atoms with Gasteiger partial charge in [0.05, 0.1) is 17.1 Å². The molecule has 0 fully saturated rings. The SMILES string of the molecule is CCCCCCCCCCCCCCCc1cccc(OC(CC)C(=O)NC2=NN(c3c(C)cc(C)cc3Cl)C(=O)C2)c1. The van der Waals surface area contributed by atoms with E-state index in [1.165, 1.54) is 87.6 Å². The van der Waals surface area contributed by atoms with E-state index in [9.17, 15) is 9.59 Å². The van der Waals surface area contributed by atoms with Crippen molar-refractivity contribution in [2.75, 3.05) is 5.01 Å². The first kappa shape index (κ1) is 34.6. The van der Waals surface area contributed by atoms with Crippen LogP contribution < -0.4 is 15.1 Å². The molecule has 2 amide bonds. The lowest BCUT2D eigenvalue weighted by Crippen LogP contribution is -2.41. The normalized spacial score (nSPS) is 13.7. The smallest absolute Gasteiger partial charge is 0.266 e. The number of hydrogen-bond acceptors (Lipinski definition) is 4. The van der Waals surface area contributed by atoms with Crippen LogP contribution >= 0.6 is 11.6 Å². The van der Waals surface area contributed by atoms with Crippen LogP contribution in [0.3, 0.4) is 0 Å². The van der Waals surface area contributed by atoms with Crippen molar-refractivity contribution in [2.45, 2.75) is 137 Å². The zero-order valence-corrected chi connectivity index (χ0v) is 27.6. The number of nitrogens with one attached hydrogen (secondary N) is 1. The van der Waals surface area contributed by atoms with E-state index in [4.69, 9.17) is 16.3 Å². The van der Waals surface area contributed by atoms with Gasteiger partial charge in [0.15, 0.2) is 6.10 Å². The number of ether oxygens (including phenoxy) is 1. The van der Waals surface area contributed by atoms with E-state index in [2.05, 4.69) is 23.4 Å². The first-order chi connectivity index (χ1) is 20.8. The van der Waals surface area contributed by atoms with Crippen LogP contribution in [0, 0.1) is 13.8 Å². The number of carbonyl (C=O) groups is 2. The molecule has 7 heteroatoms. The number of amidine groups is 1. The van der Waals surface area contributed by atoms with Crippen molar-refractivity contribution >= 4 is 34.9 Å². The topological polar surface area (TPSA) is 71.0 Å². The molecule has 0 aliphatic carbocycles. The van der Waals surface area contributed by atoms with Crippen LogP contribution in [0.25, 0.3) is 0 Å². The van der Waals surface area contributed by atoms with Gasteiger partial charge in [0, 0.05) is 0 Å². The molecule has 1 aliphatic rings. The van der Waals surface area contributed by atoms with Crippen molar-refractivity contribution in [3.8, 4) is 5.75 Å². The van der Waals surface area contributed by atoms with Gasteiger partial charge in [-0.2, -0.15) is 10.1 Å². The zero-order chi connectivity index (χ0) is 31.0. The predicted octanol–water partition coefficient (Wildman–Crippen LogP) is 9.61. The van der Waals surface area contributed by atoms with Gasteiger partial charge in [-0.25, -0.2) is 0 Å². The van der Waals surface area contributed by atoms with Crippen molar-refractivity contribution in [3.63, 3.8) is 0 Å². The van der Waals surface area contributed by atoms with Gasteiger partial charge >= 0.3 is 0 Å². The highest BCUT2D eigenvalue weighted by molar-refractivity contribution is 6.34. The number of nitrogens with zero attached hydrogens (tertiary/aromatic N) is 2. The Morgan fingerprint density at radius 2 is 1.56 bits per heavy atom. The fourth-order valence-corrected chi connectivity index (χ4v) is 6.08. The van der Waals surface area contributed by atoms with Crippen molar-refractivity contribution in [2.24, 2.45) is 5.10 Å². The summed E-state index contributed by atoms with van der Waals surface area (Å²) < 4.78 is 6.10. The monoisotopic (exact) mass is 609 g/mol. The van der Waals surface area contributed by atoms with Gasteiger partial charge in [0.1, 0.15) is 11.6 Å². The number of hydrogen-bond donors (Lipinski definition) is 1. The molecular weight excluding hydrogens is 558 g/mol. The molecule has 43 heavy (non-hydrogen) atoms. The Bertz CT molecular complexity index is 1190. The summed E-state index contributed by atoms with van der Waals surface area (Å²) in [5.74, 6) is 0.426. The minimum absolute atomic E-state index is 0.000426. The lowest BCUT2D eigenvalue weighted by Gasteiger charge is -2.18. The fourth-order valence-electron chi connectivity index (χ4n) is 5.68. The average Bonchev–Trinajstić information content (AvgIpc) is 3.32. The van der Waals surface area contributed by atoms with Crippen molar-refractivity contribution in [1.82, 2.24) is 5.32 Å². The van der Waals surface area contributed by atoms with E-state index in [1.54, 1.807) is 6.07 Å². The van der Waals surface area contributed by atoms with Crippen molar-refractivity contribution in [1.29, 1.82) is 0 Å². The second-order valence-corrected chi connectivity index (χ2v) is 12.4. The molecule has 2 aromatic carbocycles. The van der Waals surface area contributed by atoms with Gasteiger partial charge in [-0.05, 0) is 68.0 Å². The maximum Gasteiger partial charge on any atom is 0.266 e. The maximum absolute atomic E-state index is 13.1. The van der Waals surface area contributed by atoms with Crippen molar-refractivity contribution in [3.05, 3.63) is 58.1 Å². The highest BCUT2D eigenvalue weighted by Crippen LogP contribution is 2.33. The summed E-state index contributed by atoms with van der Waals surface area (Å²) in [5.41, 5.74) is 3.63. The second kappa shape index (κ2) is 18.7. The van der Waals surface area contributed by atoms with E-state index in [0.717, 1.165) is 24.0 Å². The lowest BCUT2D eigenvalue weighted by molar-refractivity contribution is -0.126. The van der Waals surface area contributed by atoms with Gasteiger partial charge in [0.2, 0.25) is 0 Å². The summed E-state index contributed by atoms with van der Waals surface area (Å²) in [5, 5.41) is 8.93. The van der Waals surface area contributed by atoms with E-state index >= 15 is 0 Å². The Morgan fingerprint density at radius 3 is 2.16 bits per heavy atom. The number of aryl methyl sites for hydroxylation is 3. The first-order valence-corrected chi connectivity index (χ1v) is 16.9. The Balaban J connectivity index is 1.39. The Labute approximate surface area is 264 Å². The molecule has 1 aliphatic heterocycles. The van der Waals surface area contributed by atoms with E-state index in [1.807, 2.05) is 45.0 Å². The molecule has 1 N–H and O–H groups in total. The minimum Gasteiger partial charge on any atom is -0.481 e. The van der Waals surface area contributed by atoms with Gasteiger partial charge < -0.3 is 10.1 Å². The number of benzene rings is 2. The molecule has 0 bridgehead atoms. The first-order valence-electron chi connectivity index (χ1n) is 16.6. The largest absolute Gasteiger partial charge is 0.481 e. The quantitative estimate of drug-likeness (QED) is 0.161. The van der Waals surface area contributed by atoms with Gasteiger partial charge in [0.25, 0.3) is 11.8 Å². The third kappa shape index (κ3) is 11.6. The predicted molar refractivity (Wildman–Crippen MR) is 179 cm³/mol. The van der Waals surface area contributed by atoms with E-state index < -0.39 is 6.10 Å². The summed E-state index contributed by atoms with van der Waals surface area (Å²) >= 11 is 6.43. The molecule has 2 aromatic rings. The summed E-state index contributed by atoms with van der Waals surface area (Å²) in [6, 6.07) is 11.8. The van der Waals surface area contributed by atoms with Gasteiger partial charge in [-0.3, -0.25) is 9.59 Å². The number of amides is 2. The van der Waals surface area contributed by atoms with Crippen LogP contribution in [0.1, 0.15) is 127 Å². The highest BCUT2D eigenvalue weighted by atomic mass is 35.5. The average molecular weight is 610 g/mol. The molecule has 0 aromatic heterocycles. The number of anilines is 1. The van der Waals surface area contributed by atoms with Crippen LogP contribution in [-0.2, 0) is 16.0 Å². The standard InChI is InChI=1S/C36H52ClN3O3/c1-5-7-8-9-10-11-12-13-14-15-16-17-18-20-29-21-19-22-30(25-29)43-32(6-2)36(42)38-33-26-34(41)40(39-33)35-28(4)23-27(3)24-31(35)37/h19,21-25,32H,5-18,20,26H2,1-4H3,(H,38,39,42). The summed E-state index contributed by atoms with van der Waals surface area (Å²) in [4.78, 5) is 25.8. The molecule has 236 valence electrons. The van der Waals surface area contributed by atoms with Crippen molar-refractivity contribution < 1.29 is 14.3 Å². The number of halogens is 1. The summed E-state index contributed by atoms with van der Waals surface area (Å²) in [6.45, 7) is 8.02. The number of unbranched alkanes of at least 4 members (excludes halogenated alkanes) is 12. The molecule has 0 saturated carbocycles. The van der Waals surface area contributed by atoms with E-state index in [0.29, 0.717) is 28.7 Å².